The van der Waals surface area contributed by atoms with Crippen LogP contribution in [0.4, 0.5) is 5.69 Å². The number of aromatic nitrogens is 1. The molecule has 0 saturated carbocycles. The summed E-state index contributed by atoms with van der Waals surface area (Å²) in [6.45, 7) is 0. The van der Waals surface area contributed by atoms with Crippen molar-refractivity contribution in [1.29, 1.82) is 0 Å². The number of ether oxygens (including phenoxy) is 1. The number of carbonyl (C=O) groups is 1. The van der Waals surface area contributed by atoms with Crippen LogP contribution in [-0.4, -0.2) is 24.3 Å². The Morgan fingerprint density at radius 3 is 2.75 bits per heavy atom. The van der Waals surface area contributed by atoms with Gasteiger partial charge < -0.3 is 4.74 Å². The lowest BCUT2D eigenvalue weighted by Crippen LogP contribution is -2.00. The zero-order valence-corrected chi connectivity index (χ0v) is 13.6. The third-order valence-electron chi connectivity index (χ3n) is 3.44. The zero-order valence-electron chi connectivity index (χ0n) is 12.9. The van der Waals surface area contributed by atoms with Gasteiger partial charge in [-0.3, -0.25) is 10.4 Å². The van der Waals surface area contributed by atoms with Crippen molar-refractivity contribution in [3.05, 3.63) is 70.9 Å². The van der Waals surface area contributed by atoms with Crippen molar-refractivity contribution in [3.8, 4) is 0 Å². The van der Waals surface area contributed by atoms with Crippen molar-refractivity contribution in [2.75, 3.05) is 12.5 Å². The van der Waals surface area contributed by atoms with E-state index < -0.39 is 0 Å². The van der Waals surface area contributed by atoms with E-state index in [1.54, 1.807) is 42.7 Å². The van der Waals surface area contributed by atoms with Crippen LogP contribution >= 0.6 is 11.6 Å². The van der Waals surface area contributed by atoms with Crippen LogP contribution in [0.25, 0.3) is 10.9 Å². The van der Waals surface area contributed by atoms with Crippen LogP contribution in [0.15, 0.2) is 59.8 Å². The first-order chi connectivity index (χ1) is 11.7. The smallest absolute Gasteiger partial charge is 0.337 e. The van der Waals surface area contributed by atoms with Crippen molar-refractivity contribution in [2.45, 2.75) is 0 Å². The maximum atomic E-state index is 11.4. The molecule has 24 heavy (non-hydrogen) atoms. The Morgan fingerprint density at radius 1 is 1.21 bits per heavy atom. The summed E-state index contributed by atoms with van der Waals surface area (Å²) in [6.07, 6.45) is 3.37. The van der Waals surface area contributed by atoms with E-state index in [0.29, 0.717) is 10.6 Å². The molecule has 1 heterocycles. The van der Waals surface area contributed by atoms with Crippen LogP contribution in [0.3, 0.4) is 0 Å². The molecule has 0 aliphatic heterocycles. The molecule has 120 valence electrons. The van der Waals surface area contributed by atoms with Gasteiger partial charge in [0.25, 0.3) is 0 Å². The molecule has 0 aliphatic rings. The lowest BCUT2D eigenvalue weighted by atomic mass is 10.1. The molecule has 0 radical (unpaired) electrons. The van der Waals surface area contributed by atoms with Crippen molar-refractivity contribution >= 4 is 40.4 Å². The second-order valence-electron chi connectivity index (χ2n) is 5.00. The monoisotopic (exact) mass is 339 g/mol. The summed E-state index contributed by atoms with van der Waals surface area (Å²) in [5, 5.41) is 5.80. The Labute approximate surface area is 143 Å². The average Bonchev–Trinajstić information content (AvgIpc) is 2.61. The fraction of sp³-hybridized carbons (Fsp3) is 0.0556. The first kappa shape index (κ1) is 16.0. The van der Waals surface area contributed by atoms with Gasteiger partial charge in [-0.05, 0) is 42.0 Å². The molecular formula is C18H14ClN3O2. The number of hydrazone groups is 1. The zero-order chi connectivity index (χ0) is 16.9. The van der Waals surface area contributed by atoms with E-state index in [-0.39, 0.29) is 5.97 Å². The average molecular weight is 340 g/mol. The Morgan fingerprint density at radius 2 is 2.00 bits per heavy atom. The third-order valence-corrected chi connectivity index (χ3v) is 3.67. The van der Waals surface area contributed by atoms with Gasteiger partial charge in [-0.25, -0.2) is 4.79 Å². The predicted octanol–water partition coefficient (Wildman–Crippen LogP) is 4.12. The standard InChI is InChI=1S/C18H14ClN3O2/c1-24-18(23)13-4-2-12(3-5-13)11-21-22-16-8-9-20-17-10-14(19)6-7-15(16)17/h2-11H,1H3,(H,20,22)/b21-11+. The second kappa shape index (κ2) is 7.10. The number of rotatable bonds is 4. The van der Waals surface area contributed by atoms with Crippen LogP contribution in [0.5, 0.6) is 0 Å². The Hall–Kier alpha value is -2.92. The van der Waals surface area contributed by atoms with E-state index in [9.17, 15) is 4.79 Å². The SMILES string of the molecule is COC(=O)c1ccc(/C=N/Nc2ccnc3cc(Cl)ccc23)cc1. The molecular weight excluding hydrogens is 326 g/mol. The molecule has 6 heteroatoms. The van der Waals surface area contributed by atoms with Crippen LogP contribution in [-0.2, 0) is 4.74 Å². The lowest BCUT2D eigenvalue weighted by Gasteiger charge is -2.05. The van der Waals surface area contributed by atoms with Gasteiger partial charge in [-0.2, -0.15) is 5.10 Å². The molecule has 1 N–H and O–H groups in total. The van der Waals surface area contributed by atoms with Gasteiger partial charge >= 0.3 is 5.97 Å². The maximum Gasteiger partial charge on any atom is 0.337 e. The molecule has 0 saturated heterocycles. The molecule has 0 atom stereocenters. The number of nitrogens with zero attached hydrogens (tertiary/aromatic N) is 2. The number of anilines is 1. The molecule has 5 nitrogen and oxygen atoms in total. The van der Waals surface area contributed by atoms with E-state index in [1.807, 2.05) is 18.2 Å². The Kier molecular flexibility index (Phi) is 4.72. The number of nitrogens with one attached hydrogen (secondary N) is 1. The van der Waals surface area contributed by atoms with E-state index in [0.717, 1.165) is 22.2 Å². The molecule has 3 rings (SSSR count). The van der Waals surface area contributed by atoms with Crippen LogP contribution in [0, 0.1) is 0 Å². The highest BCUT2D eigenvalue weighted by Crippen LogP contribution is 2.24. The van der Waals surface area contributed by atoms with Gasteiger partial charge in [0, 0.05) is 16.6 Å². The first-order valence-electron chi connectivity index (χ1n) is 7.19. The maximum absolute atomic E-state index is 11.4. The van der Waals surface area contributed by atoms with Crippen LogP contribution in [0.2, 0.25) is 5.02 Å². The summed E-state index contributed by atoms with van der Waals surface area (Å²) in [6, 6.07) is 14.3. The van der Waals surface area contributed by atoms with Gasteiger partial charge in [-0.1, -0.05) is 23.7 Å². The number of methoxy groups -OCH3 is 1. The number of halogens is 1. The first-order valence-corrected chi connectivity index (χ1v) is 7.57. The lowest BCUT2D eigenvalue weighted by molar-refractivity contribution is 0.0600. The van der Waals surface area contributed by atoms with E-state index in [4.69, 9.17) is 11.6 Å². The third kappa shape index (κ3) is 3.52. The Bertz CT molecular complexity index is 908. The number of pyridine rings is 1. The van der Waals surface area contributed by atoms with Crippen molar-refractivity contribution in [3.63, 3.8) is 0 Å². The summed E-state index contributed by atoms with van der Waals surface area (Å²) in [4.78, 5) is 15.7. The fourth-order valence-electron chi connectivity index (χ4n) is 2.22. The van der Waals surface area contributed by atoms with Gasteiger partial charge in [0.2, 0.25) is 0 Å². The molecule has 1 aromatic heterocycles. The highest BCUT2D eigenvalue weighted by molar-refractivity contribution is 6.31. The summed E-state index contributed by atoms with van der Waals surface area (Å²) in [7, 11) is 1.36. The number of hydrogen-bond donors (Lipinski definition) is 1. The molecule has 0 aliphatic carbocycles. The minimum atomic E-state index is -0.362. The van der Waals surface area contributed by atoms with E-state index in [2.05, 4.69) is 20.2 Å². The molecule has 2 aromatic carbocycles. The summed E-state index contributed by atoms with van der Waals surface area (Å²) in [5.41, 5.74) is 5.99. The normalized spacial score (nSPS) is 10.9. The van der Waals surface area contributed by atoms with Crippen LogP contribution in [0.1, 0.15) is 15.9 Å². The second-order valence-corrected chi connectivity index (χ2v) is 5.44. The van der Waals surface area contributed by atoms with Crippen molar-refractivity contribution in [2.24, 2.45) is 5.10 Å². The van der Waals surface area contributed by atoms with Crippen molar-refractivity contribution < 1.29 is 9.53 Å². The number of hydrogen-bond acceptors (Lipinski definition) is 5. The predicted molar refractivity (Wildman–Crippen MR) is 95.8 cm³/mol. The molecule has 0 amide bonds. The summed E-state index contributed by atoms with van der Waals surface area (Å²) < 4.78 is 4.66. The molecule has 0 unspecified atom stereocenters. The van der Waals surface area contributed by atoms with Gasteiger partial charge in [0.1, 0.15) is 0 Å². The molecule has 3 aromatic rings. The van der Waals surface area contributed by atoms with Crippen LogP contribution < -0.4 is 5.43 Å². The van der Waals surface area contributed by atoms with Crippen molar-refractivity contribution in [1.82, 2.24) is 4.98 Å². The fourth-order valence-corrected chi connectivity index (χ4v) is 2.38. The summed E-state index contributed by atoms with van der Waals surface area (Å²) in [5.74, 6) is -0.362. The molecule has 0 fully saturated rings. The topological polar surface area (TPSA) is 63.6 Å². The Balaban J connectivity index is 1.76. The molecule has 0 spiro atoms. The summed E-state index contributed by atoms with van der Waals surface area (Å²) >= 11 is 5.98. The minimum absolute atomic E-state index is 0.362. The van der Waals surface area contributed by atoms with E-state index >= 15 is 0 Å². The largest absolute Gasteiger partial charge is 0.465 e. The number of fused-ring (bicyclic) bond motifs is 1. The highest BCUT2D eigenvalue weighted by Gasteiger charge is 2.04. The van der Waals surface area contributed by atoms with E-state index in [1.165, 1.54) is 7.11 Å². The van der Waals surface area contributed by atoms with Gasteiger partial charge in [0.15, 0.2) is 0 Å². The molecule has 0 bridgehead atoms. The highest BCUT2D eigenvalue weighted by atomic mass is 35.5. The van der Waals surface area contributed by atoms with Gasteiger partial charge in [-0.15, -0.1) is 0 Å². The number of carbonyl (C=O) groups excluding carboxylic acids is 1. The minimum Gasteiger partial charge on any atom is -0.465 e. The quantitative estimate of drug-likeness (QED) is 0.441. The number of benzene rings is 2. The number of esters is 1. The van der Waals surface area contributed by atoms with Gasteiger partial charge in [0.05, 0.1) is 30.1 Å².